The van der Waals surface area contributed by atoms with E-state index in [1.807, 2.05) is 37.3 Å². The van der Waals surface area contributed by atoms with E-state index in [2.05, 4.69) is 10.2 Å². The minimum absolute atomic E-state index is 0.106. The maximum Gasteiger partial charge on any atom is 0.233 e. The Balaban J connectivity index is 1.89. The van der Waals surface area contributed by atoms with Gasteiger partial charge < -0.3 is 14.2 Å². The number of aryl methyl sites for hydroxylation is 1. The lowest BCUT2D eigenvalue weighted by atomic mass is 10.2. The predicted octanol–water partition coefficient (Wildman–Crippen LogP) is 0.851. The fourth-order valence-corrected chi connectivity index (χ4v) is 2.97. The second kappa shape index (κ2) is 5.92. The Kier molecular flexibility index (Phi) is 4.46. The van der Waals surface area contributed by atoms with Gasteiger partial charge in [0.15, 0.2) is 5.16 Å². The number of hydrogen-bond donors (Lipinski definition) is 0. The van der Waals surface area contributed by atoms with Crippen LogP contribution in [0, 0.1) is 6.92 Å². The molecular formula is C12H20N4O2S. The molecule has 19 heavy (non-hydrogen) atoms. The molecule has 0 saturated carbocycles. The smallest absolute Gasteiger partial charge is 0.233 e. The molecule has 6 nitrogen and oxygen atoms in total. The minimum atomic E-state index is 0.106. The van der Waals surface area contributed by atoms with Gasteiger partial charge in [-0.15, -0.1) is 10.2 Å². The molecule has 0 radical (unpaired) electrons. The Morgan fingerprint density at radius 1 is 1.37 bits per heavy atom. The van der Waals surface area contributed by atoms with Crippen molar-refractivity contribution < 1.29 is 9.53 Å². The van der Waals surface area contributed by atoms with Gasteiger partial charge in [-0.25, -0.2) is 0 Å². The standard InChI is InChI=1S/C12H20N4O2S/c1-8-5-16(6-9(2)18-8)11(17)7-19-12-14-13-10(3)15(12)4/h8-9H,5-7H2,1-4H3/t8-,9-/m0/s1. The molecule has 1 saturated heterocycles. The number of carbonyl (C=O) groups is 1. The first-order valence-electron chi connectivity index (χ1n) is 6.39. The zero-order chi connectivity index (χ0) is 14.0. The van der Waals surface area contributed by atoms with E-state index < -0.39 is 0 Å². The van der Waals surface area contributed by atoms with Gasteiger partial charge in [-0.2, -0.15) is 0 Å². The Labute approximate surface area is 117 Å². The second-order valence-corrected chi connectivity index (χ2v) is 5.88. The van der Waals surface area contributed by atoms with E-state index in [-0.39, 0.29) is 18.1 Å². The lowest BCUT2D eigenvalue weighted by Crippen LogP contribution is -2.48. The third-order valence-electron chi connectivity index (χ3n) is 3.15. The minimum Gasteiger partial charge on any atom is -0.372 e. The summed E-state index contributed by atoms with van der Waals surface area (Å²) in [6, 6.07) is 0. The molecule has 0 unspecified atom stereocenters. The van der Waals surface area contributed by atoms with E-state index in [0.29, 0.717) is 18.8 Å². The second-order valence-electron chi connectivity index (χ2n) is 4.93. The molecule has 7 heteroatoms. The van der Waals surface area contributed by atoms with Crippen LogP contribution in [0.4, 0.5) is 0 Å². The number of amides is 1. The van der Waals surface area contributed by atoms with Crippen LogP contribution in [0.15, 0.2) is 5.16 Å². The number of ether oxygens (including phenoxy) is 1. The average molecular weight is 284 g/mol. The predicted molar refractivity (Wildman–Crippen MR) is 73.1 cm³/mol. The molecule has 1 aromatic rings. The van der Waals surface area contributed by atoms with Crippen LogP contribution in [0.2, 0.25) is 0 Å². The highest BCUT2D eigenvalue weighted by atomic mass is 32.2. The number of nitrogens with zero attached hydrogens (tertiary/aromatic N) is 4. The molecule has 0 N–H and O–H groups in total. The highest BCUT2D eigenvalue weighted by Crippen LogP contribution is 2.17. The van der Waals surface area contributed by atoms with Gasteiger partial charge in [-0.1, -0.05) is 11.8 Å². The molecule has 1 aliphatic rings. The van der Waals surface area contributed by atoms with Gasteiger partial charge >= 0.3 is 0 Å². The third-order valence-corrected chi connectivity index (χ3v) is 4.15. The fourth-order valence-electron chi connectivity index (χ4n) is 2.11. The molecule has 2 heterocycles. The monoisotopic (exact) mass is 284 g/mol. The summed E-state index contributed by atoms with van der Waals surface area (Å²) >= 11 is 1.43. The first-order valence-corrected chi connectivity index (χ1v) is 7.38. The Morgan fingerprint density at radius 3 is 2.53 bits per heavy atom. The lowest BCUT2D eigenvalue weighted by molar-refractivity contribution is -0.140. The van der Waals surface area contributed by atoms with E-state index in [4.69, 9.17) is 4.74 Å². The molecule has 106 valence electrons. The molecule has 1 fully saturated rings. The van der Waals surface area contributed by atoms with E-state index in [9.17, 15) is 4.79 Å². The average Bonchev–Trinajstić information content (AvgIpc) is 2.66. The maximum absolute atomic E-state index is 12.2. The van der Waals surface area contributed by atoms with Crippen molar-refractivity contribution in [3.63, 3.8) is 0 Å². The maximum atomic E-state index is 12.2. The fraction of sp³-hybridized carbons (Fsp3) is 0.750. The Bertz CT molecular complexity index is 453. The molecule has 0 spiro atoms. The van der Waals surface area contributed by atoms with E-state index in [1.165, 1.54) is 11.8 Å². The molecule has 0 aromatic carbocycles. The molecular weight excluding hydrogens is 264 g/mol. The first-order chi connectivity index (χ1) is 8.97. The van der Waals surface area contributed by atoms with Crippen molar-refractivity contribution in [3.8, 4) is 0 Å². The van der Waals surface area contributed by atoms with Crippen LogP contribution in [-0.2, 0) is 16.6 Å². The summed E-state index contributed by atoms with van der Waals surface area (Å²) in [5.74, 6) is 1.38. The quantitative estimate of drug-likeness (QED) is 0.770. The molecule has 0 bridgehead atoms. The van der Waals surface area contributed by atoms with Crippen molar-refractivity contribution in [1.82, 2.24) is 19.7 Å². The van der Waals surface area contributed by atoms with Crippen LogP contribution in [0.25, 0.3) is 0 Å². The SMILES string of the molecule is Cc1nnc(SCC(=O)N2C[C@H](C)O[C@@H](C)C2)n1C. The summed E-state index contributed by atoms with van der Waals surface area (Å²) in [5, 5.41) is 8.80. The van der Waals surface area contributed by atoms with Crippen LogP contribution < -0.4 is 0 Å². The van der Waals surface area contributed by atoms with Crippen molar-refractivity contribution in [2.24, 2.45) is 7.05 Å². The topological polar surface area (TPSA) is 60.3 Å². The van der Waals surface area contributed by atoms with Crippen molar-refractivity contribution in [2.75, 3.05) is 18.8 Å². The van der Waals surface area contributed by atoms with Crippen molar-refractivity contribution >= 4 is 17.7 Å². The lowest BCUT2D eigenvalue weighted by Gasteiger charge is -2.35. The number of hydrogen-bond acceptors (Lipinski definition) is 5. The summed E-state index contributed by atoms with van der Waals surface area (Å²) in [6.07, 6.45) is 0.213. The highest BCUT2D eigenvalue weighted by Gasteiger charge is 2.26. The van der Waals surface area contributed by atoms with Gasteiger partial charge in [-0.3, -0.25) is 4.79 Å². The third kappa shape index (κ3) is 3.48. The summed E-state index contributed by atoms with van der Waals surface area (Å²) < 4.78 is 7.52. The summed E-state index contributed by atoms with van der Waals surface area (Å²) in [4.78, 5) is 14.0. The van der Waals surface area contributed by atoms with E-state index in [1.54, 1.807) is 0 Å². The van der Waals surface area contributed by atoms with Crippen LogP contribution >= 0.6 is 11.8 Å². The van der Waals surface area contributed by atoms with Crippen LogP contribution in [0.3, 0.4) is 0 Å². The molecule has 1 amide bonds. The molecule has 0 aliphatic carbocycles. The van der Waals surface area contributed by atoms with Gasteiger partial charge in [0.1, 0.15) is 5.82 Å². The number of rotatable bonds is 3. The van der Waals surface area contributed by atoms with E-state index >= 15 is 0 Å². The van der Waals surface area contributed by atoms with Gasteiger partial charge in [0.25, 0.3) is 0 Å². The zero-order valence-electron chi connectivity index (χ0n) is 11.8. The summed E-state index contributed by atoms with van der Waals surface area (Å²) in [6.45, 7) is 7.22. The largest absolute Gasteiger partial charge is 0.372 e. The van der Waals surface area contributed by atoms with Gasteiger partial charge in [0.2, 0.25) is 5.91 Å². The van der Waals surface area contributed by atoms with Crippen molar-refractivity contribution in [3.05, 3.63) is 5.82 Å². The number of carbonyl (C=O) groups excluding carboxylic acids is 1. The summed E-state index contributed by atoms with van der Waals surface area (Å²) in [7, 11) is 1.90. The number of thioether (sulfide) groups is 1. The van der Waals surface area contributed by atoms with Gasteiger partial charge in [-0.05, 0) is 20.8 Å². The van der Waals surface area contributed by atoms with Gasteiger partial charge in [0.05, 0.1) is 18.0 Å². The van der Waals surface area contributed by atoms with Crippen LogP contribution in [0.5, 0.6) is 0 Å². The van der Waals surface area contributed by atoms with E-state index in [0.717, 1.165) is 11.0 Å². The van der Waals surface area contributed by atoms with Crippen LogP contribution in [-0.4, -0.2) is 56.6 Å². The van der Waals surface area contributed by atoms with Crippen molar-refractivity contribution in [2.45, 2.75) is 38.1 Å². The Hall–Kier alpha value is -1.08. The molecule has 2 atom stereocenters. The van der Waals surface area contributed by atoms with Crippen LogP contribution in [0.1, 0.15) is 19.7 Å². The Morgan fingerprint density at radius 2 is 2.00 bits per heavy atom. The zero-order valence-corrected chi connectivity index (χ0v) is 12.6. The molecule has 1 aliphatic heterocycles. The number of morpholine rings is 1. The summed E-state index contributed by atoms with van der Waals surface area (Å²) in [5.41, 5.74) is 0. The molecule has 1 aromatic heterocycles. The van der Waals surface area contributed by atoms with Crippen molar-refractivity contribution in [1.29, 1.82) is 0 Å². The number of aromatic nitrogens is 3. The molecule has 2 rings (SSSR count). The normalized spacial score (nSPS) is 23.7. The van der Waals surface area contributed by atoms with Gasteiger partial charge in [0, 0.05) is 20.1 Å². The highest BCUT2D eigenvalue weighted by molar-refractivity contribution is 7.99. The first kappa shape index (κ1) is 14.3.